The molecule has 0 fully saturated rings. The zero-order valence-electron chi connectivity index (χ0n) is 17.4. The van der Waals surface area contributed by atoms with Crippen LogP contribution in [0.1, 0.15) is 38.8 Å². The number of ether oxygens (including phenoxy) is 3. The molecule has 0 radical (unpaired) electrons. The SMILES string of the molecule is CCc1ccc(/C=C2/Oc3cc(OCC(=O)c4ccc(OC)cc4)ccc3C2=O)cc1. The number of methoxy groups -OCH3 is 1. The minimum atomic E-state index is -0.171. The molecule has 3 aromatic carbocycles. The fourth-order valence-corrected chi connectivity index (χ4v) is 3.27. The van der Waals surface area contributed by atoms with E-state index in [9.17, 15) is 9.59 Å². The molecule has 5 heteroatoms. The van der Waals surface area contributed by atoms with Crippen LogP contribution in [0.25, 0.3) is 6.08 Å². The first-order valence-corrected chi connectivity index (χ1v) is 10.0. The highest BCUT2D eigenvalue weighted by Crippen LogP contribution is 2.35. The van der Waals surface area contributed by atoms with Crippen molar-refractivity contribution in [3.63, 3.8) is 0 Å². The van der Waals surface area contributed by atoms with Gasteiger partial charge in [0.1, 0.15) is 17.2 Å². The summed E-state index contributed by atoms with van der Waals surface area (Å²) in [6.07, 6.45) is 2.69. The van der Waals surface area contributed by atoms with E-state index in [4.69, 9.17) is 14.2 Å². The molecule has 156 valence electrons. The van der Waals surface area contributed by atoms with Gasteiger partial charge in [-0.25, -0.2) is 0 Å². The van der Waals surface area contributed by atoms with Crippen molar-refractivity contribution >= 4 is 17.6 Å². The number of allylic oxidation sites excluding steroid dienone is 1. The fraction of sp³-hybridized carbons (Fsp3) is 0.154. The molecular weight excluding hydrogens is 392 g/mol. The number of Topliss-reactive ketones (excluding diaryl/α,β-unsaturated/α-hetero) is 2. The van der Waals surface area contributed by atoms with Crippen molar-refractivity contribution in [2.24, 2.45) is 0 Å². The van der Waals surface area contributed by atoms with Crippen LogP contribution in [-0.4, -0.2) is 25.3 Å². The Morgan fingerprint density at radius 3 is 2.35 bits per heavy atom. The molecule has 5 nitrogen and oxygen atoms in total. The zero-order chi connectivity index (χ0) is 21.8. The lowest BCUT2D eigenvalue weighted by Crippen LogP contribution is -2.11. The van der Waals surface area contributed by atoms with Gasteiger partial charge in [0.05, 0.1) is 12.7 Å². The molecule has 3 aromatic rings. The minimum Gasteiger partial charge on any atom is -0.497 e. The highest BCUT2D eigenvalue weighted by Gasteiger charge is 2.27. The third-order valence-electron chi connectivity index (χ3n) is 5.11. The van der Waals surface area contributed by atoms with E-state index in [-0.39, 0.29) is 23.9 Å². The summed E-state index contributed by atoms with van der Waals surface area (Å²) in [4.78, 5) is 25.0. The number of hydrogen-bond donors (Lipinski definition) is 0. The second-order valence-corrected chi connectivity index (χ2v) is 7.13. The van der Waals surface area contributed by atoms with Crippen LogP contribution < -0.4 is 14.2 Å². The molecule has 0 unspecified atom stereocenters. The molecule has 1 aliphatic rings. The summed E-state index contributed by atoms with van der Waals surface area (Å²) < 4.78 is 16.5. The Morgan fingerprint density at radius 2 is 1.68 bits per heavy atom. The number of rotatable bonds is 7. The summed E-state index contributed by atoms with van der Waals surface area (Å²) in [5.41, 5.74) is 3.14. The van der Waals surface area contributed by atoms with Crippen LogP contribution in [0.3, 0.4) is 0 Å². The quantitative estimate of drug-likeness (QED) is 0.396. The molecule has 1 aliphatic heterocycles. The monoisotopic (exact) mass is 414 g/mol. The Bertz CT molecular complexity index is 1140. The molecule has 1 heterocycles. The summed E-state index contributed by atoms with van der Waals surface area (Å²) in [6, 6.07) is 19.8. The van der Waals surface area contributed by atoms with Gasteiger partial charge < -0.3 is 14.2 Å². The highest BCUT2D eigenvalue weighted by molar-refractivity contribution is 6.14. The lowest BCUT2D eigenvalue weighted by molar-refractivity contribution is 0.0920. The number of aryl methyl sites for hydroxylation is 1. The van der Waals surface area contributed by atoms with Gasteiger partial charge in [-0.2, -0.15) is 0 Å². The first kappa shape index (κ1) is 20.4. The summed E-state index contributed by atoms with van der Waals surface area (Å²) in [5, 5.41) is 0. The van der Waals surface area contributed by atoms with E-state index in [0.29, 0.717) is 28.4 Å². The van der Waals surface area contributed by atoms with Crippen LogP contribution in [0.4, 0.5) is 0 Å². The summed E-state index contributed by atoms with van der Waals surface area (Å²) in [5.74, 6) is 1.51. The molecule has 0 aromatic heterocycles. The van der Waals surface area contributed by atoms with Crippen molar-refractivity contribution in [3.05, 3.63) is 94.7 Å². The molecule has 0 saturated carbocycles. The summed E-state index contributed by atoms with van der Waals surface area (Å²) in [6.45, 7) is 1.98. The Labute approximate surface area is 180 Å². The molecule has 0 spiro atoms. The molecule has 0 saturated heterocycles. The maximum atomic E-state index is 12.6. The van der Waals surface area contributed by atoms with E-state index in [1.807, 2.05) is 24.3 Å². The van der Waals surface area contributed by atoms with Gasteiger partial charge in [-0.3, -0.25) is 9.59 Å². The predicted molar refractivity (Wildman–Crippen MR) is 118 cm³/mol. The van der Waals surface area contributed by atoms with Crippen LogP contribution in [0.5, 0.6) is 17.2 Å². The largest absolute Gasteiger partial charge is 0.497 e. The normalized spacial score (nSPS) is 13.6. The predicted octanol–water partition coefficient (Wildman–Crippen LogP) is 5.14. The van der Waals surface area contributed by atoms with Gasteiger partial charge in [0, 0.05) is 11.6 Å². The van der Waals surface area contributed by atoms with E-state index in [2.05, 4.69) is 6.92 Å². The van der Waals surface area contributed by atoms with Crippen molar-refractivity contribution in [3.8, 4) is 17.2 Å². The fourth-order valence-electron chi connectivity index (χ4n) is 3.27. The molecule has 31 heavy (non-hydrogen) atoms. The van der Waals surface area contributed by atoms with E-state index in [1.165, 1.54) is 5.56 Å². The Kier molecular flexibility index (Phi) is 5.85. The maximum Gasteiger partial charge on any atom is 0.231 e. The van der Waals surface area contributed by atoms with Gasteiger partial charge in [-0.1, -0.05) is 31.2 Å². The molecule has 0 atom stereocenters. The van der Waals surface area contributed by atoms with Gasteiger partial charge >= 0.3 is 0 Å². The smallest absolute Gasteiger partial charge is 0.231 e. The van der Waals surface area contributed by atoms with E-state index >= 15 is 0 Å². The number of hydrogen-bond acceptors (Lipinski definition) is 5. The average molecular weight is 414 g/mol. The Balaban J connectivity index is 1.43. The van der Waals surface area contributed by atoms with E-state index in [0.717, 1.165) is 12.0 Å². The van der Waals surface area contributed by atoms with Gasteiger partial charge in [0.15, 0.2) is 18.1 Å². The van der Waals surface area contributed by atoms with Gasteiger partial charge in [0.25, 0.3) is 0 Å². The highest BCUT2D eigenvalue weighted by atomic mass is 16.5. The van der Waals surface area contributed by atoms with Crippen LogP contribution in [0.2, 0.25) is 0 Å². The molecule has 4 rings (SSSR count). The van der Waals surface area contributed by atoms with E-state index in [1.54, 1.807) is 55.7 Å². The topological polar surface area (TPSA) is 61.8 Å². The third-order valence-corrected chi connectivity index (χ3v) is 5.11. The number of carbonyl (C=O) groups is 2. The van der Waals surface area contributed by atoms with Crippen LogP contribution >= 0.6 is 0 Å². The number of carbonyl (C=O) groups excluding carboxylic acids is 2. The number of fused-ring (bicyclic) bond motifs is 1. The Morgan fingerprint density at radius 1 is 0.968 bits per heavy atom. The second-order valence-electron chi connectivity index (χ2n) is 7.13. The number of ketones is 2. The van der Waals surface area contributed by atoms with Crippen LogP contribution in [0, 0.1) is 0 Å². The second kappa shape index (κ2) is 8.88. The van der Waals surface area contributed by atoms with Crippen molar-refractivity contribution in [1.82, 2.24) is 0 Å². The minimum absolute atomic E-state index is 0.120. The lowest BCUT2D eigenvalue weighted by Gasteiger charge is -2.07. The zero-order valence-corrected chi connectivity index (χ0v) is 17.4. The Hall–Kier alpha value is -3.86. The van der Waals surface area contributed by atoms with Crippen LogP contribution in [-0.2, 0) is 6.42 Å². The van der Waals surface area contributed by atoms with Crippen molar-refractivity contribution < 1.29 is 23.8 Å². The van der Waals surface area contributed by atoms with Crippen molar-refractivity contribution in [1.29, 1.82) is 0 Å². The van der Waals surface area contributed by atoms with E-state index < -0.39 is 0 Å². The summed E-state index contributed by atoms with van der Waals surface area (Å²) >= 11 is 0. The maximum absolute atomic E-state index is 12.6. The van der Waals surface area contributed by atoms with Crippen molar-refractivity contribution in [2.75, 3.05) is 13.7 Å². The molecule has 0 aliphatic carbocycles. The average Bonchev–Trinajstić information content (AvgIpc) is 3.12. The standard InChI is InChI=1S/C26H22O5/c1-3-17-4-6-18(7-5-17)14-25-26(28)22-13-12-21(15-24(22)31-25)30-16-23(27)19-8-10-20(29-2)11-9-19/h4-15H,3,16H2,1-2H3/b25-14+. The molecule has 0 bridgehead atoms. The number of benzene rings is 3. The van der Waals surface area contributed by atoms with Gasteiger partial charge in [-0.15, -0.1) is 0 Å². The first-order valence-electron chi connectivity index (χ1n) is 10.0. The third kappa shape index (κ3) is 4.51. The van der Waals surface area contributed by atoms with Gasteiger partial charge in [0.2, 0.25) is 5.78 Å². The summed E-state index contributed by atoms with van der Waals surface area (Å²) in [7, 11) is 1.57. The lowest BCUT2D eigenvalue weighted by atomic mass is 10.1. The molecule has 0 N–H and O–H groups in total. The first-order chi connectivity index (χ1) is 15.1. The van der Waals surface area contributed by atoms with Crippen molar-refractivity contribution in [2.45, 2.75) is 13.3 Å². The molecular formula is C26H22O5. The molecule has 0 amide bonds. The van der Waals surface area contributed by atoms with Crippen LogP contribution in [0.15, 0.2) is 72.5 Å². The van der Waals surface area contributed by atoms with Gasteiger partial charge in [-0.05, 0) is 60.0 Å².